The number of hydrogen-bond acceptors (Lipinski definition) is 3. The first-order valence-electron chi connectivity index (χ1n) is 25.3. The van der Waals surface area contributed by atoms with Crippen LogP contribution in [0.3, 0.4) is 0 Å². The van der Waals surface area contributed by atoms with Gasteiger partial charge in [-0.05, 0) is 122 Å². The van der Waals surface area contributed by atoms with Crippen molar-refractivity contribution in [2.24, 2.45) is 0 Å². The molecule has 0 bridgehead atoms. The number of imidazole rings is 1. The molecular weight excluding hydrogens is 743 g/mol. The molecule has 0 unspecified atom stereocenters. The minimum atomic E-state index is -0.597. The predicted octanol–water partition coefficient (Wildman–Crippen LogP) is 15.7. The molecule has 2 heterocycles. The first-order chi connectivity index (χ1) is 32.5. The number of pyridine rings is 1. The highest BCUT2D eigenvalue weighted by atomic mass is 16.3. The van der Waals surface area contributed by atoms with Crippen LogP contribution in [0.2, 0.25) is 0 Å². The van der Waals surface area contributed by atoms with Crippen molar-refractivity contribution < 1.29 is 16.1 Å². The molecule has 0 aliphatic carbocycles. The molecule has 2 aromatic heterocycles. The summed E-state index contributed by atoms with van der Waals surface area (Å²) in [5, 5.41) is 12.3. The summed E-state index contributed by atoms with van der Waals surface area (Å²) >= 11 is 0. The number of aromatic hydroxyl groups is 1. The van der Waals surface area contributed by atoms with Crippen LogP contribution < -0.4 is 0 Å². The van der Waals surface area contributed by atoms with Gasteiger partial charge in [0.2, 0.25) is 0 Å². The second kappa shape index (κ2) is 16.3. The molecule has 0 saturated carbocycles. The Bertz CT molecular complexity index is 3300. The molecule has 4 nitrogen and oxygen atoms in total. The lowest BCUT2D eigenvalue weighted by Crippen LogP contribution is -2.16. The molecule has 0 aliphatic rings. The van der Waals surface area contributed by atoms with Crippen molar-refractivity contribution in [2.45, 2.75) is 98.3 Å². The van der Waals surface area contributed by atoms with Crippen molar-refractivity contribution in [3.63, 3.8) is 0 Å². The van der Waals surface area contributed by atoms with Crippen molar-refractivity contribution in [2.75, 3.05) is 0 Å². The maximum atomic E-state index is 12.3. The van der Waals surface area contributed by atoms with Crippen molar-refractivity contribution in [1.82, 2.24) is 14.5 Å². The normalized spacial score (nSPS) is 14.0. The van der Waals surface area contributed by atoms with Crippen LogP contribution in [0.5, 0.6) is 5.75 Å². The van der Waals surface area contributed by atoms with Gasteiger partial charge in [-0.15, -0.1) is 0 Å². The van der Waals surface area contributed by atoms with E-state index in [9.17, 15) is 6.48 Å². The van der Waals surface area contributed by atoms with Crippen molar-refractivity contribution in [3.8, 4) is 67.5 Å². The fraction of sp³-hybridized carbons (Fsp3) is 0.263. The number of fused-ring (bicyclic) bond motifs is 1. The average molecular weight is 810 g/mol. The van der Waals surface area contributed by atoms with Crippen LogP contribution in [0.1, 0.15) is 121 Å². The highest BCUT2D eigenvalue weighted by Gasteiger charge is 2.27. The summed E-state index contributed by atoms with van der Waals surface area (Å²) < 4.78 is 71.8. The van der Waals surface area contributed by atoms with E-state index in [4.69, 9.17) is 14.6 Å². The van der Waals surface area contributed by atoms with E-state index >= 15 is 0 Å². The topological polar surface area (TPSA) is 50.9 Å². The second-order valence-corrected chi connectivity index (χ2v) is 18.3. The van der Waals surface area contributed by atoms with E-state index in [0.29, 0.717) is 22.5 Å². The van der Waals surface area contributed by atoms with Gasteiger partial charge in [-0.2, -0.15) is 0 Å². The van der Waals surface area contributed by atoms with E-state index in [1.54, 1.807) is 0 Å². The van der Waals surface area contributed by atoms with Crippen LogP contribution in [0.25, 0.3) is 72.7 Å². The molecule has 0 atom stereocenters. The van der Waals surface area contributed by atoms with Crippen molar-refractivity contribution >= 4 is 11.0 Å². The van der Waals surface area contributed by atoms with E-state index in [0.717, 1.165) is 56.6 Å². The molecule has 0 saturated heterocycles. The molecule has 8 rings (SSSR count). The Morgan fingerprint density at radius 3 is 2.08 bits per heavy atom. The number of rotatable bonds is 10. The fourth-order valence-corrected chi connectivity index (χ4v) is 7.89. The highest BCUT2D eigenvalue weighted by molar-refractivity contribution is 5.98. The fourth-order valence-electron chi connectivity index (χ4n) is 7.89. The van der Waals surface area contributed by atoms with Gasteiger partial charge in [0.25, 0.3) is 0 Å². The molecule has 61 heavy (non-hydrogen) atoms. The largest absolute Gasteiger partial charge is 0.507 e. The van der Waals surface area contributed by atoms with Crippen LogP contribution in [-0.4, -0.2) is 19.6 Å². The van der Waals surface area contributed by atoms with E-state index in [1.165, 1.54) is 5.56 Å². The maximum Gasteiger partial charge on any atom is 0.149 e. The highest BCUT2D eigenvalue weighted by Crippen LogP contribution is 2.45. The summed E-state index contributed by atoms with van der Waals surface area (Å²) in [6.07, 6.45) is 0.442. The lowest BCUT2D eigenvalue weighted by atomic mass is 9.81. The van der Waals surface area contributed by atoms with Gasteiger partial charge in [0.1, 0.15) is 11.6 Å². The molecule has 4 heteroatoms. The van der Waals surface area contributed by atoms with Crippen molar-refractivity contribution in [1.29, 1.82) is 0 Å². The Morgan fingerprint density at radius 2 is 1.39 bits per heavy atom. The number of phenolic OH excluding ortho intramolecular Hbond substituents is 1. The molecule has 0 fully saturated rings. The Morgan fingerprint density at radius 1 is 0.656 bits per heavy atom. The van der Waals surface area contributed by atoms with E-state index in [2.05, 4.69) is 127 Å². The first kappa shape index (κ1) is 32.5. The lowest BCUT2D eigenvalue weighted by molar-refractivity contribution is 0.466. The van der Waals surface area contributed by atoms with E-state index in [-0.39, 0.29) is 45.9 Å². The molecule has 0 aliphatic heterocycles. The summed E-state index contributed by atoms with van der Waals surface area (Å²) in [7, 11) is 0. The molecule has 308 valence electrons. The number of hydrogen-bond donors (Lipinski definition) is 1. The molecule has 1 N–H and O–H groups in total. The van der Waals surface area contributed by atoms with E-state index in [1.807, 2.05) is 48.5 Å². The predicted molar refractivity (Wildman–Crippen MR) is 258 cm³/mol. The minimum Gasteiger partial charge on any atom is -0.507 e. The Kier molecular flexibility index (Phi) is 8.69. The summed E-state index contributed by atoms with van der Waals surface area (Å²) in [5.74, 6) is 0.917. The number of phenols is 1. The maximum absolute atomic E-state index is 12.3. The zero-order chi connectivity index (χ0) is 50.2. The SMILES string of the molecule is [2H]c1nc(-c2cc(-c3cccc4c3nc(-c3cc(C(C)C)cc(C(C)C)c3O)n4-c3ccc(C(C)(C)CC)cc3-c3ccccc3)cc(C(C)(C)C)c2)c([2H])c(-c2c([2H])c([2H])c([2H])c([2H])c2[2H])c1[2H]. The van der Waals surface area contributed by atoms with Gasteiger partial charge in [-0.3, -0.25) is 9.55 Å². The van der Waals surface area contributed by atoms with E-state index < -0.39 is 47.8 Å². The van der Waals surface area contributed by atoms with Crippen LogP contribution >= 0.6 is 0 Å². The lowest BCUT2D eigenvalue weighted by Gasteiger charge is -2.26. The zero-order valence-electron chi connectivity index (χ0n) is 44.9. The summed E-state index contributed by atoms with van der Waals surface area (Å²) in [5.41, 5.74) is 9.81. The molecule has 8 aromatic rings. The zero-order valence-corrected chi connectivity index (χ0v) is 36.9. The number of nitrogens with zero attached hydrogens (tertiary/aromatic N) is 3. The summed E-state index contributed by atoms with van der Waals surface area (Å²) in [6, 6.07) is 29.3. The van der Waals surface area contributed by atoms with Gasteiger partial charge in [0.05, 0.1) is 38.9 Å². The first-order valence-corrected chi connectivity index (χ1v) is 21.3. The average Bonchev–Trinajstić information content (AvgIpc) is 3.71. The molecule has 6 aromatic carbocycles. The Hall–Kier alpha value is -6.26. The smallest absolute Gasteiger partial charge is 0.149 e. The third-order valence-corrected chi connectivity index (χ3v) is 12.1. The van der Waals surface area contributed by atoms with Gasteiger partial charge in [0, 0.05) is 22.9 Å². The van der Waals surface area contributed by atoms with Gasteiger partial charge < -0.3 is 5.11 Å². The minimum absolute atomic E-state index is 0.0229. The number of para-hydroxylation sites is 1. The monoisotopic (exact) mass is 810 g/mol. The second-order valence-electron chi connectivity index (χ2n) is 18.3. The molecule has 0 amide bonds. The third-order valence-electron chi connectivity index (χ3n) is 12.1. The summed E-state index contributed by atoms with van der Waals surface area (Å²) in [4.78, 5) is 10.0. The van der Waals surface area contributed by atoms with Crippen LogP contribution in [0.15, 0.2) is 146 Å². The van der Waals surface area contributed by atoms with Crippen LogP contribution in [-0.2, 0) is 10.8 Å². The number of aromatic nitrogens is 3. The molecule has 0 radical (unpaired) electrons. The molecular formula is C57H59N3O. The van der Waals surface area contributed by atoms with Gasteiger partial charge in [0.15, 0.2) is 0 Å². The van der Waals surface area contributed by atoms with Crippen molar-refractivity contribution in [3.05, 3.63) is 168 Å². The third kappa shape index (κ3) is 8.04. The number of benzene rings is 6. The quantitative estimate of drug-likeness (QED) is 0.150. The van der Waals surface area contributed by atoms with Gasteiger partial charge >= 0.3 is 0 Å². The standard InChI is InChI=1S/C57H59N3O/c1-11-57(9,10)44-25-26-51(48(35-44)39-21-16-13-17-22-39)60-52-24-18-23-46(53(52)59-55(60)49-33-41(36(2)3)32-47(37(4)5)54(49)61)42-29-43(31-45(30-42)56(6,7)8)50-34-40(27-28-58-50)38-19-14-12-15-20-38/h12-37,61H,11H2,1-10H3/i12D,14D,15D,19D,20D,27D,28D,34D. The van der Waals surface area contributed by atoms with Gasteiger partial charge in [-0.25, -0.2) is 4.98 Å². The molecule has 0 spiro atoms. The summed E-state index contributed by atoms with van der Waals surface area (Å²) in [6.45, 7) is 21.4. The van der Waals surface area contributed by atoms with Crippen LogP contribution in [0.4, 0.5) is 0 Å². The Labute approximate surface area is 374 Å². The Balaban J connectivity index is 1.48. The van der Waals surface area contributed by atoms with Gasteiger partial charge in [-0.1, -0.05) is 160 Å². The van der Waals surface area contributed by atoms with Crippen LogP contribution in [0, 0.1) is 0 Å².